The summed E-state index contributed by atoms with van der Waals surface area (Å²) in [5.74, 6) is 0.116. The van der Waals surface area contributed by atoms with Crippen LogP contribution in [0.2, 0.25) is 0 Å². The molecule has 7 heteroatoms. The number of halogens is 3. The van der Waals surface area contributed by atoms with Gasteiger partial charge in [-0.05, 0) is 75.8 Å². The number of amides is 1. The lowest BCUT2D eigenvalue weighted by Gasteiger charge is -2.11. The molecule has 4 nitrogen and oxygen atoms in total. The summed E-state index contributed by atoms with van der Waals surface area (Å²) >= 11 is 8.98. The molecule has 0 radical (unpaired) electrons. The highest BCUT2D eigenvalue weighted by Gasteiger charge is 2.14. The van der Waals surface area contributed by atoms with Crippen LogP contribution in [-0.2, 0) is 4.79 Å². The van der Waals surface area contributed by atoms with Gasteiger partial charge in [0, 0.05) is 13.6 Å². The van der Waals surface area contributed by atoms with Crippen LogP contribution in [0, 0.1) is 14.9 Å². The Morgan fingerprint density at radius 2 is 2.08 bits per heavy atom. The SMILES string of the molecule is CCOc1c(Br)cc(Br)cc1/C=C(\C#N)C(=O)Nc1ccccc1I. The second-order valence-electron chi connectivity index (χ2n) is 4.84. The fraction of sp³-hybridized carbons (Fsp3) is 0.111. The van der Waals surface area contributed by atoms with Crippen LogP contribution in [0.15, 0.2) is 50.9 Å². The minimum Gasteiger partial charge on any atom is -0.492 e. The number of anilines is 1. The molecule has 0 atom stereocenters. The first kappa shape index (κ1) is 19.9. The minimum absolute atomic E-state index is 0.00870. The molecule has 0 saturated carbocycles. The number of rotatable bonds is 5. The predicted molar refractivity (Wildman–Crippen MR) is 114 cm³/mol. The zero-order valence-corrected chi connectivity index (χ0v) is 18.5. The standard InChI is InChI=1S/C18H13Br2IN2O2/c1-2-25-17-11(8-13(19)9-14(17)20)7-12(10-22)18(24)23-16-6-4-3-5-15(16)21/h3-9H,2H2,1H3,(H,23,24)/b12-7+. The van der Waals surface area contributed by atoms with E-state index < -0.39 is 5.91 Å². The van der Waals surface area contributed by atoms with Gasteiger partial charge in [-0.25, -0.2) is 0 Å². The average molecular weight is 576 g/mol. The molecule has 0 aliphatic carbocycles. The molecule has 0 heterocycles. The van der Waals surface area contributed by atoms with Crippen molar-refractivity contribution in [2.24, 2.45) is 0 Å². The number of hydrogen-bond acceptors (Lipinski definition) is 3. The van der Waals surface area contributed by atoms with E-state index in [1.54, 1.807) is 12.1 Å². The van der Waals surface area contributed by atoms with Crippen LogP contribution in [0.1, 0.15) is 12.5 Å². The van der Waals surface area contributed by atoms with E-state index in [0.717, 1.165) is 12.5 Å². The normalized spacial score (nSPS) is 10.9. The van der Waals surface area contributed by atoms with E-state index in [1.807, 2.05) is 37.3 Å². The van der Waals surface area contributed by atoms with E-state index in [4.69, 9.17) is 4.74 Å². The third-order valence-corrected chi connectivity index (χ3v) is 5.10. The van der Waals surface area contributed by atoms with Gasteiger partial charge in [-0.1, -0.05) is 28.1 Å². The summed E-state index contributed by atoms with van der Waals surface area (Å²) in [6.45, 7) is 2.34. The van der Waals surface area contributed by atoms with Crippen LogP contribution in [0.3, 0.4) is 0 Å². The van der Waals surface area contributed by atoms with E-state index >= 15 is 0 Å². The van der Waals surface area contributed by atoms with Gasteiger partial charge in [0.1, 0.15) is 17.4 Å². The van der Waals surface area contributed by atoms with Crippen LogP contribution < -0.4 is 10.1 Å². The maximum atomic E-state index is 12.5. The summed E-state index contributed by atoms with van der Waals surface area (Å²) in [6.07, 6.45) is 1.52. The molecule has 0 bridgehead atoms. The lowest BCUT2D eigenvalue weighted by molar-refractivity contribution is -0.112. The molecule has 1 N–H and O–H groups in total. The summed E-state index contributed by atoms with van der Waals surface area (Å²) < 4.78 is 8.08. The second-order valence-corrected chi connectivity index (χ2v) is 7.77. The highest BCUT2D eigenvalue weighted by atomic mass is 127. The van der Waals surface area contributed by atoms with Gasteiger partial charge < -0.3 is 10.1 Å². The molecule has 2 aromatic rings. The maximum Gasteiger partial charge on any atom is 0.266 e. The highest BCUT2D eigenvalue weighted by molar-refractivity contribution is 14.1. The van der Waals surface area contributed by atoms with Gasteiger partial charge in [-0.3, -0.25) is 4.79 Å². The van der Waals surface area contributed by atoms with Crippen LogP contribution in [0.5, 0.6) is 5.75 Å². The summed E-state index contributed by atoms with van der Waals surface area (Å²) in [5, 5.41) is 12.2. The van der Waals surface area contributed by atoms with Gasteiger partial charge in [0.05, 0.1) is 16.8 Å². The largest absolute Gasteiger partial charge is 0.492 e. The van der Waals surface area contributed by atoms with E-state index in [9.17, 15) is 10.1 Å². The predicted octanol–water partition coefficient (Wildman–Crippen LogP) is 5.76. The number of hydrogen-bond donors (Lipinski definition) is 1. The Hall–Kier alpha value is -1.37. The molecular formula is C18H13Br2IN2O2. The van der Waals surface area contributed by atoms with Crippen molar-refractivity contribution in [1.82, 2.24) is 0 Å². The Morgan fingerprint density at radius 1 is 1.36 bits per heavy atom. The fourth-order valence-corrected chi connectivity index (χ4v) is 3.94. The Labute approximate surface area is 176 Å². The molecule has 0 aromatic heterocycles. The van der Waals surface area contributed by atoms with Crippen molar-refractivity contribution in [3.63, 3.8) is 0 Å². The number of carbonyl (C=O) groups excluding carboxylic acids is 1. The smallest absolute Gasteiger partial charge is 0.266 e. The summed E-state index contributed by atoms with van der Waals surface area (Å²) in [4.78, 5) is 12.5. The number of nitrogens with one attached hydrogen (secondary N) is 1. The van der Waals surface area contributed by atoms with Crippen LogP contribution in [0.4, 0.5) is 5.69 Å². The number of para-hydroxylation sites is 1. The van der Waals surface area contributed by atoms with E-state index in [1.165, 1.54) is 6.08 Å². The van der Waals surface area contributed by atoms with E-state index in [-0.39, 0.29) is 5.57 Å². The van der Waals surface area contributed by atoms with Crippen molar-refractivity contribution < 1.29 is 9.53 Å². The van der Waals surface area contributed by atoms with Crippen LogP contribution in [-0.4, -0.2) is 12.5 Å². The monoisotopic (exact) mass is 574 g/mol. The maximum absolute atomic E-state index is 12.5. The highest BCUT2D eigenvalue weighted by Crippen LogP contribution is 2.34. The topological polar surface area (TPSA) is 62.1 Å². The first-order chi connectivity index (χ1) is 12.0. The third kappa shape index (κ3) is 5.30. The number of ether oxygens (including phenoxy) is 1. The summed E-state index contributed by atoms with van der Waals surface area (Å²) in [7, 11) is 0. The molecule has 0 aliphatic heterocycles. The molecule has 1 amide bonds. The minimum atomic E-state index is -0.467. The number of nitriles is 1. The van der Waals surface area contributed by atoms with E-state index in [2.05, 4.69) is 59.8 Å². The van der Waals surface area contributed by atoms with Gasteiger partial charge in [0.15, 0.2) is 0 Å². The zero-order valence-electron chi connectivity index (χ0n) is 13.1. The second kappa shape index (κ2) is 9.36. The number of nitrogens with zero attached hydrogens (tertiary/aromatic N) is 1. The van der Waals surface area contributed by atoms with Crippen LogP contribution >= 0.6 is 54.5 Å². The Morgan fingerprint density at radius 3 is 2.72 bits per heavy atom. The van der Waals surface area contributed by atoms with Crippen molar-refractivity contribution in [2.75, 3.05) is 11.9 Å². The molecule has 0 aliphatic rings. The molecule has 2 rings (SSSR count). The molecular weight excluding hydrogens is 563 g/mol. The Kier molecular flexibility index (Phi) is 7.47. The average Bonchev–Trinajstić information content (AvgIpc) is 2.57. The molecule has 2 aromatic carbocycles. The number of carbonyl (C=O) groups is 1. The van der Waals surface area contributed by atoms with Gasteiger partial charge in [-0.15, -0.1) is 0 Å². The van der Waals surface area contributed by atoms with Crippen molar-refractivity contribution in [3.05, 3.63) is 60.1 Å². The van der Waals surface area contributed by atoms with Gasteiger partial charge in [-0.2, -0.15) is 5.26 Å². The summed E-state index contributed by atoms with van der Waals surface area (Å²) in [5.41, 5.74) is 1.29. The van der Waals surface area contributed by atoms with Gasteiger partial charge >= 0.3 is 0 Å². The lowest BCUT2D eigenvalue weighted by atomic mass is 10.1. The van der Waals surface area contributed by atoms with Gasteiger partial charge in [0.2, 0.25) is 0 Å². The molecule has 0 fully saturated rings. The zero-order chi connectivity index (χ0) is 18.4. The molecule has 128 valence electrons. The van der Waals surface area contributed by atoms with E-state index in [0.29, 0.717) is 23.6 Å². The molecule has 0 unspecified atom stereocenters. The Balaban J connectivity index is 2.39. The molecule has 25 heavy (non-hydrogen) atoms. The lowest BCUT2D eigenvalue weighted by Crippen LogP contribution is -2.14. The fourth-order valence-electron chi connectivity index (χ4n) is 2.04. The summed E-state index contributed by atoms with van der Waals surface area (Å²) in [6, 6.07) is 13.0. The van der Waals surface area contributed by atoms with Crippen molar-refractivity contribution in [2.45, 2.75) is 6.92 Å². The number of benzene rings is 2. The van der Waals surface area contributed by atoms with Gasteiger partial charge in [0.25, 0.3) is 5.91 Å². The molecule has 0 saturated heterocycles. The van der Waals surface area contributed by atoms with Crippen LogP contribution in [0.25, 0.3) is 6.08 Å². The Bertz CT molecular complexity index is 876. The first-order valence-electron chi connectivity index (χ1n) is 7.25. The van der Waals surface area contributed by atoms with Crippen molar-refractivity contribution >= 4 is 72.1 Å². The first-order valence-corrected chi connectivity index (χ1v) is 9.92. The molecule has 0 spiro atoms. The quantitative estimate of drug-likeness (QED) is 0.280. The third-order valence-electron chi connectivity index (χ3n) is 3.11. The van der Waals surface area contributed by atoms with Crippen molar-refractivity contribution in [1.29, 1.82) is 5.26 Å². The van der Waals surface area contributed by atoms with Crippen molar-refractivity contribution in [3.8, 4) is 11.8 Å².